The van der Waals surface area contributed by atoms with Crippen LogP contribution in [0, 0.1) is 10.1 Å². The summed E-state index contributed by atoms with van der Waals surface area (Å²) in [5, 5.41) is 22.7. The summed E-state index contributed by atoms with van der Waals surface area (Å²) < 4.78 is 5.45. The van der Waals surface area contributed by atoms with Gasteiger partial charge in [0.1, 0.15) is 5.75 Å². The lowest BCUT2D eigenvalue weighted by atomic mass is 10.2. The van der Waals surface area contributed by atoms with Gasteiger partial charge in [-0.2, -0.15) is 0 Å². The van der Waals surface area contributed by atoms with Gasteiger partial charge in [-0.05, 0) is 24.3 Å². The number of hydrogen-bond donors (Lipinski definition) is 1. The molecule has 0 saturated carbocycles. The molecular weight excluding hydrogens is 284 g/mol. The maximum Gasteiger partial charge on any atom is 0.312 e. The molecule has 0 saturated heterocycles. The summed E-state index contributed by atoms with van der Waals surface area (Å²) in [6.07, 6.45) is 1.09. The van der Waals surface area contributed by atoms with Crippen LogP contribution in [0.3, 0.4) is 0 Å². The minimum atomic E-state index is -0.582. The number of ether oxygens (including phenoxy) is 1. The highest BCUT2D eigenvalue weighted by Gasteiger charge is 2.17. The average molecular weight is 293 g/mol. The third kappa shape index (κ3) is 3.04. The third-order valence-electron chi connectivity index (χ3n) is 2.44. The summed E-state index contributed by atoms with van der Waals surface area (Å²) in [5.74, 6) is 0.374. The number of hydrogen-bond acceptors (Lipinski definition) is 5. The van der Waals surface area contributed by atoms with E-state index < -0.39 is 4.92 Å². The molecule has 7 heteroatoms. The van der Waals surface area contributed by atoms with Crippen molar-refractivity contribution < 1.29 is 14.9 Å². The van der Waals surface area contributed by atoms with E-state index in [-0.39, 0.29) is 11.4 Å². The van der Waals surface area contributed by atoms with Crippen molar-refractivity contribution in [2.24, 2.45) is 5.16 Å². The van der Waals surface area contributed by atoms with Gasteiger partial charge in [-0.25, -0.2) is 0 Å². The van der Waals surface area contributed by atoms with E-state index in [0.29, 0.717) is 16.3 Å². The molecule has 0 amide bonds. The minimum absolute atomic E-state index is 0.0539. The second kappa shape index (κ2) is 6.03. The van der Waals surface area contributed by atoms with Gasteiger partial charge in [0.25, 0.3) is 0 Å². The fraction of sp³-hybridized carbons (Fsp3) is 0. The van der Waals surface area contributed by atoms with Crippen LogP contribution in [0.25, 0.3) is 0 Å². The largest absolute Gasteiger partial charge is 0.449 e. The maximum absolute atomic E-state index is 11.0. The van der Waals surface area contributed by atoms with E-state index in [4.69, 9.17) is 21.5 Å². The second-order valence-corrected chi connectivity index (χ2v) is 4.17. The predicted octanol–water partition coefficient (Wildman–Crippen LogP) is 3.85. The fourth-order valence-electron chi connectivity index (χ4n) is 1.56. The molecule has 0 fully saturated rings. The Bertz CT molecular complexity index is 673. The van der Waals surface area contributed by atoms with Crippen LogP contribution in [0.15, 0.2) is 47.6 Å². The fourth-order valence-corrected chi connectivity index (χ4v) is 1.73. The smallest absolute Gasteiger partial charge is 0.312 e. The molecule has 1 N–H and O–H groups in total. The van der Waals surface area contributed by atoms with Gasteiger partial charge in [0.15, 0.2) is 0 Å². The predicted molar refractivity (Wildman–Crippen MR) is 74.0 cm³/mol. The van der Waals surface area contributed by atoms with Gasteiger partial charge in [0.2, 0.25) is 5.75 Å². The molecule has 0 aromatic heterocycles. The number of nitro benzene ring substituents is 1. The number of benzene rings is 2. The molecule has 20 heavy (non-hydrogen) atoms. The highest BCUT2D eigenvalue weighted by molar-refractivity contribution is 6.32. The van der Waals surface area contributed by atoms with Crippen molar-refractivity contribution in [3.8, 4) is 11.5 Å². The first-order valence-corrected chi connectivity index (χ1v) is 5.88. The summed E-state index contributed by atoms with van der Waals surface area (Å²) in [6, 6.07) is 10.8. The van der Waals surface area contributed by atoms with Gasteiger partial charge < -0.3 is 9.94 Å². The van der Waals surface area contributed by atoms with Gasteiger partial charge in [-0.1, -0.05) is 28.9 Å². The van der Waals surface area contributed by atoms with Crippen LogP contribution in [-0.4, -0.2) is 16.3 Å². The van der Waals surface area contributed by atoms with Crippen molar-refractivity contribution in [3.63, 3.8) is 0 Å². The molecule has 2 aromatic rings. The molecule has 102 valence electrons. The average Bonchev–Trinajstić information content (AvgIpc) is 2.43. The van der Waals surface area contributed by atoms with Crippen molar-refractivity contribution in [2.75, 3.05) is 0 Å². The zero-order valence-corrected chi connectivity index (χ0v) is 10.8. The Kier molecular flexibility index (Phi) is 4.17. The molecule has 0 aliphatic rings. The Balaban J connectivity index is 2.41. The molecule has 0 aliphatic heterocycles. The van der Waals surface area contributed by atoms with Crippen molar-refractivity contribution in [1.29, 1.82) is 0 Å². The first-order chi connectivity index (χ1) is 9.61. The van der Waals surface area contributed by atoms with E-state index in [9.17, 15) is 10.1 Å². The Hall–Kier alpha value is -2.60. The molecular formula is C13H9ClN2O4. The molecule has 0 aliphatic carbocycles. The Morgan fingerprint density at radius 2 is 2.00 bits per heavy atom. The number of para-hydroxylation sites is 1. The summed E-state index contributed by atoms with van der Waals surface area (Å²) >= 11 is 5.94. The van der Waals surface area contributed by atoms with Crippen molar-refractivity contribution in [1.82, 2.24) is 0 Å². The Labute approximate surface area is 119 Å². The van der Waals surface area contributed by atoms with Gasteiger partial charge in [0, 0.05) is 11.6 Å². The minimum Gasteiger partial charge on any atom is -0.449 e. The van der Waals surface area contributed by atoms with E-state index in [1.54, 1.807) is 24.3 Å². The van der Waals surface area contributed by atoms with E-state index in [1.807, 2.05) is 0 Å². The standard InChI is InChI=1S/C13H9ClN2O4/c14-10-3-1-2-4-12(10)20-13-6-5-9(8-15-17)7-11(13)16(18)19/h1-8,17H/b15-8+. The van der Waals surface area contributed by atoms with Gasteiger partial charge in [-0.15, -0.1) is 0 Å². The number of oxime groups is 1. The maximum atomic E-state index is 11.0. The van der Waals surface area contributed by atoms with Crippen LogP contribution in [0.4, 0.5) is 5.69 Å². The van der Waals surface area contributed by atoms with Gasteiger partial charge in [0.05, 0.1) is 16.2 Å². The van der Waals surface area contributed by atoms with Crippen LogP contribution in [0.5, 0.6) is 11.5 Å². The molecule has 0 heterocycles. The first kappa shape index (κ1) is 13.8. The van der Waals surface area contributed by atoms with E-state index >= 15 is 0 Å². The third-order valence-corrected chi connectivity index (χ3v) is 2.76. The molecule has 2 rings (SSSR count). The van der Waals surface area contributed by atoms with E-state index in [0.717, 1.165) is 6.21 Å². The highest BCUT2D eigenvalue weighted by atomic mass is 35.5. The lowest BCUT2D eigenvalue weighted by Gasteiger charge is -2.08. The quantitative estimate of drug-likeness (QED) is 0.401. The summed E-state index contributed by atoms with van der Waals surface area (Å²) in [7, 11) is 0. The van der Waals surface area contributed by atoms with Crippen LogP contribution < -0.4 is 4.74 Å². The molecule has 0 radical (unpaired) electrons. The van der Waals surface area contributed by atoms with Crippen LogP contribution >= 0.6 is 11.6 Å². The molecule has 0 bridgehead atoms. The lowest BCUT2D eigenvalue weighted by Crippen LogP contribution is -1.95. The molecule has 0 spiro atoms. The zero-order valence-electron chi connectivity index (χ0n) is 10.1. The number of rotatable bonds is 4. The number of halogens is 1. The number of nitrogens with zero attached hydrogens (tertiary/aromatic N) is 2. The van der Waals surface area contributed by atoms with Crippen LogP contribution in [0.2, 0.25) is 5.02 Å². The SMILES string of the molecule is O=[N+]([O-])c1cc(/C=N/O)ccc1Oc1ccccc1Cl. The topological polar surface area (TPSA) is 85.0 Å². The monoisotopic (exact) mass is 292 g/mol. The summed E-state index contributed by atoms with van der Waals surface area (Å²) in [5.41, 5.74) is 0.132. The molecule has 0 atom stereocenters. The van der Waals surface area contributed by atoms with Gasteiger partial charge >= 0.3 is 5.69 Å². The summed E-state index contributed by atoms with van der Waals surface area (Å²) in [6.45, 7) is 0. The summed E-state index contributed by atoms with van der Waals surface area (Å²) in [4.78, 5) is 10.5. The highest BCUT2D eigenvalue weighted by Crippen LogP contribution is 2.34. The number of nitro groups is 1. The Morgan fingerprint density at radius 1 is 1.25 bits per heavy atom. The zero-order chi connectivity index (χ0) is 14.5. The van der Waals surface area contributed by atoms with Crippen LogP contribution in [0.1, 0.15) is 5.56 Å². The Morgan fingerprint density at radius 3 is 2.65 bits per heavy atom. The van der Waals surface area contributed by atoms with Crippen LogP contribution in [-0.2, 0) is 0 Å². The molecule has 2 aromatic carbocycles. The van der Waals surface area contributed by atoms with E-state index in [1.165, 1.54) is 18.2 Å². The van der Waals surface area contributed by atoms with Crippen molar-refractivity contribution >= 4 is 23.5 Å². The van der Waals surface area contributed by atoms with E-state index in [2.05, 4.69) is 5.16 Å². The van der Waals surface area contributed by atoms with Crippen molar-refractivity contribution in [2.45, 2.75) is 0 Å². The van der Waals surface area contributed by atoms with Crippen molar-refractivity contribution in [3.05, 3.63) is 63.2 Å². The molecule has 0 unspecified atom stereocenters. The first-order valence-electron chi connectivity index (χ1n) is 5.50. The van der Waals surface area contributed by atoms with Gasteiger partial charge in [-0.3, -0.25) is 10.1 Å². The molecule has 6 nitrogen and oxygen atoms in total. The normalized spacial score (nSPS) is 10.7. The lowest BCUT2D eigenvalue weighted by molar-refractivity contribution is -0.385. The second-order valence-electron chi connectivity index (χ2n) is 3.76.